The van der Waals surface area contributed by atoms with Gasteiger partial charge in [0.25, 0.3) is 0 Å². The lowest BCUT2D eigenvalue weighted by atomic mass is 10.0. The first kappa shape index (κ1) is 47.9. The molecular formula is C37H60N8O13. The van der Waals surface area contributed by atoms with Crippen LogP contribution in [0, 0.1) is 6.92 Å². The molecule has 0 radical (unpaired) electrons. The molecule has 2 heterocycles. The first-order valence-corrected chi connectivity index (χ1v) is 19.4. The number of phenols is 1. The molecular weight excluding hydrogens is 764 g/mol. The number of carboxylic acids is 6. The molecule has 0 spiro atoms. The molecule has 3 rings (SSSR count). The van der Waals surface area contributed by atoms with Gasteiger partial charge < -0.3 is 35.7 Å². The zero-order valence-corrected chi connectivity index (χ0v) is 33.3. The Hall–Kier alpha value is -4.48. The number of carbonyl (C=O) groups is 6. The smallest absolute Gasteiger partial charge is 0.317 e. The fraction of sp³-hybridized carbons (Fsp3) is 0.676. The fourth-order valence-corrected chi connectivity index (χ4v) is 7.23. The van der Waals surface area contributed by atoms with Gasteiger partial charge in [-0.3, -0.25) is 68.0 Å². The summed E-state index contributed by atoms with van der Waals surface area (Å²) in [6.45, 7) is 5.69. The molecule has 1 aromatic carbocycles. The molecule has 2 fully saturated rings. The van der Waals surface area contributed by atoms with Crippen LogP contribution in [-0.4, -0.2) is 255 Å². The van der Waals surface area contributed by atoms with Crippen LogP contribution in [0.15, 0.2) is 12.1 Å². The van der Waals surface area contributed by atoms with E-state index in [0.717, 1.165) is 5.56 Å². The molecule has 21 heteroatoms. The van der Waals surface area contributed by atoms with Crippen molar-refractivity contribution in [1.29, 1.82) is 0 Å². The van der Waals surface area contributed by atoms with Crippen molar-refractivity contribution in [2.45, 2.75) is 20.0 Å². The van der Waals surface area contributed by atoms with E-state index < -0.39 is 35.8 Å². The zero-order chi connectivity index (χ0) is 42.8. The summed E-state index contributed by atoms with van der Waals surface area (Å²) in [4.78, 5) is 84.3. The highest BCUT2D eigenvalue weighted by Gasteiger charge is 2.24. The SMILES string of the molecule is Cc1cc(CN2CCN(CC(=O)O)CCN(CC(=O)O)CCN(CC(=O)O)CC2)c(O)c(CN2CCN(CC(=O)O)CCN(CC(=O)O)CCN(CC(=O)O)CC2)c1. The molecule has 0 saturated carbocycles. The van der Waals surface area contributed by atoms with E-state index in [-0.39, 0.29) is 110 Å². The van der Waals surface area contributed by atoms with Crippen LogP contribution >= 0.6 is 0 Å². The van der Waals surface area contributed by atoms with Crippen molar-refractivity contribution in [3.05, 3.63) is 28.8 Å². The molecule has 21 nitrogen and oxygen atoms in total. The number of aromatic hydroxyl groups is 1. The van der Waals surface area contributed by atoms with E-state index in [1.54, 1.807) is 29.4 Å². The summed E-state index contributed by atoms with van der Waals surface area (Å²) in [6.07, 6.45) is 0. The Labute approximate surface area is 337 Å². The van der Waals surface area contributed by atoms with Crippen LogP contribution in [0.5, 0.6) is 5.75 Å². The van der Waals surface area contributed by atoms with E-state index in [2.05, 4.69) is 0 Å². The van der Waals surface area contributed by atoms with Crippen molar-refractivity contribution in [2.24, 2.45) is 0 Å². The summed E-state index contributed by atoms with van der Waals surface area (Å²) in [7, 11) is 0. The quantitative estimate of drug-likeness (QED) is 0.0920. The Kier molecular flexibility index (Phi) is 20.2. The third-order valence-corrected chi connectivity index (χ3v) is 10.2. The predicted molar refractivity (Wildman–Crippen MR) is 208 cm³/mol. The van der Waals surface area contributed by atoms with Crippen LogP contribution < -0.4 is 0 Å². The summed E-state index contributed by atoms with van der Waals surface area (Å²) in [5.74, 6) is -6.18. The highest BCUT2D eigenvalue weighted by Crippen LogP contribution is 2.27. The van der Waals surface area contributed by atoms with Gasteiger partial charge in [0.15, 0.2) is 0 Å². The molecule has 0 unspecified atom stereocenters. The predicted octanol–water partition coefficient (Wildman–Crippen LogP) is -2.35. The number of carboxylic acid groups (broad SMARTS) is 6. The molecule has 1 aromatic rings. The Bertz CT molecular complexity index is 1380. The van der Waals surface area contributed by atoms with Gasteiger partial charge in [0.1, 0.15) is 5.75 Å². The van der Waals surface area contributed by atoms with E-state index in [0.29, 0.717) is 63.5 Å². The Morgan fingerprint density at radius 1 is 0.379 bits per heavy atom. The largest absolute Gasteiger partial charge is 0.507 e. The van der Waals surface area contributed by atoms with Gasteiger partial charge in [-0.25, -0.2) is 0 Å². The maximum Gasteiger partial charge on any atom is 0.317 e. The normalized spacial score (nSPS) is 19.6. The van der Waals surface area contributed by atoms with Gasteiger partial charge in [0, 0.05) is 129 Å². The number of nitrogens with zero attached hydrogens (tertiary/aromatic N) is 8. The number of rotatable bonds is 16. The third kappa shape index (κ3) is 18.9. The van der Waals surface area contributed by atoms with Gasteiger partial charge in [-0.15, -0.1) is 0 Å². The molecule has 326 valence electrons. The van der Waals surface area contributed by atoms with Crippen molar-refractivity contribution >= 4 is 35.8 Å². The number of hydrogen-bond donors (Lipinski definition) is 7. The lowest BCUT2D eigenvalue weighted by Crippen LogP contribution is -2.48. The average molecular weight is 825 g/mol. The standard InChI is InChI=1S/C37H60N8O13/c1-28-18-29(20-38-2-6-40(22-31(46)47)10-14-44(26-35(54)55)15-11-41(7-3-38)23-32(48)49)37(58)30(19-28)21-39-4-8-42(24-33(50)51)12-16-45(27-36(56)57)17-13-43(9-5-39)25-34(52)53/h18-19,58H,2-17,20-27H2,1H3,(H,46,47)(H,48,49)(H,50,51)(H,52,53)(H,54,55)(H,56,57). The zero-order valence-electron chi connectivity index (χ0n) is 33.3. The molecule has 2 aliphatic rings. The molecule has 0 aromatic heterocycles. The van der Waals surface area contributed by atoms with E-state index in [9.17, 15) is 64.5 Å². The van der Waals surface area contributed by atoms with Crippen molar-refractivity contribution in [1.82, 2.24) is 39.2 Å². The minimum Gasteiger partial charge on any atom is -0.507 e. The van der Waals surface area contributed by atoms with Gasteiger partial charge in [0.2, 0.25) is 0 Å². The summed E-state index contributed by atoms with van der Waals surface area (Å²) in [5.41, 5.74) is 2.04. The second-order valence-electron chi connectivity index (χ2n) is 15.0. The minimum absolute atomic E-state index is 0.0334. The highest BCUT2D eigenvalue weighted by molar-refractivity contribution is 5.71. The summed E-state index contributed by atoms with van der Waals surface area (Å²) >= 11 is 0. The Morgan fingerprint density at radius 3 is 0.724 bits per heavy atom. The van der Waals surface area contributed by atoms with Gasteiger partial charge in [-0.05, 0) is 6.92 Å². The molecule has 0 bridgehead atoms. The number of hydrogen-bond acceptors (Lipinski definition) is 15. The lowest BCUT2D eigenvalue weighted by Gasteiger charge is -2.34. The monoisotopic (exact) mass is 824 g/mol. The van der Waals surface area contributed by atoms with Gasteiger partial charge in [0.05, 0.1) is 39.3 Å². The van der Waals surface area contributed by atoms with E-state index in [1.807, 2.05) is 28.9 Å². The minimum atomic E-state index is -1.04. The van der Waals surface area contributed by atoms with Crippen LogP contribution in [0.1, 0.15) is 16.7 Å². The summed E-state index contributed by atoms with van der Waals surface area (Å²) in [6, 6.07) is 3.70. The van der Waals surface area contributed by atoms with Crippen LogP contribution in [0.2, 0.25) is 0 Å². The molecule has 0 atom stereocenters. The van der Waals surface area contributed by atoms with Crippen molar-refractivity contribution < 1.29 is 64.5 Å². The fourth-order valence-electron chi connectivity index (χ4n) is 7.23. The topological polar surface area (TPSA) is 270 Å². The first-order valence-electron chi connectivity index (χ1n) is 19.4. The van der Waals surface area contributed by atoms with Crippen molar-refractivity contribution in [3.8, 4) is 5.75 Å². The summed E-state index contributed by atoms with van der Waals surface area (Å²) < 4.78 is 0. The molecule has 2 saturated heterocycles. The van der Waals surface area contributed by atoms with Crippen molar-refractivity contribution in [2.75, 3.05) is 144 Å². The second-order valence-corrected chi connectivity index (χ2v) is 15.0. The Balaban J connectivity index is 1.88. The summed E-state index contributed by atoms with van der Waals surface area (Å²) in [5, 5.41) is 69.1. The van der Waals surface area contributed by atoms with Crippen LogP contribution in [0.25, 0.3) is 0 Å². The first-order chi connectivity index (χ1) is 27.4. The van der Waals surface area contributed by atoms with Crippen LogP contribution in [-0.2, 0) is 41.9 Å². The second kappa shape index (κ2) is 24.4. The number of phenolic OH excluding ortho intramolecular Hbond substituents is 1. The average Bonchev–Trinajstić information content (AvgIpc) is 3.10. The van der Waals surface area contributed by atoms with Gasteiger partial charge >= 0.3 is 35.8 Å². The maximum atomic E-state index is 11.8. The van der Waals surface area contributed by atoms with Crippen LogP contribution in [0.4, 0.5) is 0 Å². The lowest BCUT2D eigenvalue weighted by molar-refractivity contribution is -0.140. The third-order valence-electron chi connectivity index (χ3n) is 10.2. The number of aliphatic carboxylic acids is 6. The molecule has 0 aliphatic carbocycles. The van der Waals surface area contributed by atoms with E-state index in [4.69, 9.17) is 0 Å². The molecule has 7 N–H and O–H groups in total. The van der Waals surface area contributed by atoms with E-state index >= 15 is 0 Å². The molecule has 0 amide bonds. The van der Waals surface area contributed by atoms with Gasteiger partial charge in [-0.2, -0.15) is 0 Å². The Morgan fingerprint density at radius 2 is 0.552 bits per heavy atom. The number of aryl methyl sites for hydroxylation is 1. The molecule has 58 heavy (non-hydrogen) atoms. The van der Waals surface area contributed by atoms with Crippen LogP contribution in [0.3, 0.4) is 0 Å². The highest BCUT2D eigenvalue weighted by atomic mass is 16.4. The van der Waals surface area contributed by atoms with Gasteiger partial charge in [-0.1, -0.05) is 17.7 Å². The van der Waals surface area contributed by atoms with Crippen molar-refractivity contribution in [3.63, 3.8) is 0 Å². The maximum absolute atomic E-state index is 11.8. The molecule has 2 aliphatic heterocycles. The van der Waals surface area contributed by atoms with E-state index in [1.165, 1.54) is 0 Å². The number of benzene rings is 1.